The average Bonchev–Trinajstić information content (AvgIpc) is 2.56. The summed E-state index contributed by atoms with van der Waals surface area (Å²) in [5, 5.41) is 2.25. The van der Waals surface area contributed by atoms with E-state index in [0.29, 0.717) is 0 Å². The van der Waals surface area contributed by atoms with Crippen LogP contribution in [0.5, 0.6) is 5.75 Å². The molecule has 21 heavy (non-hydrogen) atoms. The summed E-state index contributed by atoms with van der Waals surface area (Å²) in [6.45, 7) is 0. The first-order valence-corrected chi connectivity index (χ1v) is 6.76. The molecule has 0 bridgehead atoms. The Hall–Kier alpha value is -2.43. The van der Waals surface area contributed by atoms with E-state index in [2.05, 4.69) is 16.5 Å². The third-order valence-corrected chi connectivity index (χ3v) is 3.63. The number of benzene rings is 2. The lowest BCUT2D eigenvalue weighted by atomic mass is 9.96. The van der Waals surface area contributed by atoms with Gasteiger partial charge in [0.15, 0.2) is 0 Å². The van der Waals surface area contributed by atoms with Crippen molar-refractivity contribution < 1.29 is 4.74 Å². The number of rotatable bonds is 4. The predicted molar refractivity (Wildman–Crippen MR) is 83.9 cm³/mol. The van der Waals surface area contributed by atoms with Crippen molar-refractivity contribution in [2.24, 2.45) is 5.84 Å². The number of nitrogens with zero attached hydrogens (tertiary/aromatic N) is 1. The molecule has 0 amide bonds. The van der Waals surface area contributed by atoms with E-state index >= 15 is 0 Å². The number of methoxy groups -OCH3 is 1. The second kappa shape index (κ2) is 5.91. The number of aromatic nitrogens is 1. The molecule has 0 saturated carbocycles. The smallest absolute Gasteiger partial charge is 0.118 e. The fourth-order valence-corrected chi connectivity index (χ4v) is 2.53. The molecule has 0 saturated heterocycles. The molecule has 2 aromatic carbocycles. The first kappa shape index (κ1) is 13.5. The van der Waals surface area contributed by atoms with Crippen molar-refractivity contribution in [3.05, 3.63) is 72.1 Å². The predicted octanol–water partition coefficient (Wildman–Crippen LogP) is 2.80. The summed E-state index contributed by atoms with van der Waals surface area (Å²) in [5.74, 6) is 6.61. The molecular formula is C17H17N3O. The van der Waals surface area contributed by atoms with Gasteiger partial charge in [0, 0.05) is 23.3 Å². The van der Waals surface area contributed by atoms with Gasteiger partial charge in [-0.3, -0.25) is 10.8 Å². The molecule has 4 heteroatoms. The highest BCUT2D eigenvalue weighted by Crippen LogP contribution is 2.28. The average molecular weight is 279 g/mol. The Balaban J connectivity index is 2.09. The lowest BCUT2D eigenvalue weighted by molar-refractivity contribution is 0.414. The lowest BCUT2D eigenvalue weighted by Gasteiger charge is -2.18. The Labute approximate surface area is 123 Å². The van der Waals surface area contributed by atoms with Gasteiger partial charge in [-0.2, -0.15) is 0 Å². The molecule has 4 nitrogen and oxygen atoms in total. The fraction of sp³-hybridized carbons (Fsp3) is 0.118. The van der Waals surface area contributed by atoms with Gasteiger partial charge >= 0.3 is 0 Å². The lowest BCUT2D eigenvalue weighted by Crippen LogP contribution is -2.29. The number of pyridine rings is 1. The maximum absolute atomic E-state index is 5.79. The molecule has 0 aliphatic heterocycles. The van der Waals surface area contributed by atoms with E-state index in [9.17, 15) is 0 Å². The van der Waals surface area contributed by atoms with Gasteiger partial charge < -0.3 is 4.74 Å². The van der Waals surface area contributed by atoms with E-state index in [4.69, 9.17) is 10.6 Å². The van der Waals surface area contributed by atoms with E-state index in [1.54, 1.807) is 7.11 Å². The minimum Gasteiger partial charge on any atom is -0.497 e. The summed E-state index contributed by atoms with van der Waals surface area (Å²) >= 11 is 0. The Kier molecular flexibility index (Phi) is 3.81. The zero-order valence-electron chi connectivity index (χ0n) is 11.8. The maximum Gasteiger partial charge on any atom is 0.118 e. The minimum atomic E-state index is -0.116. The highest BCUT2D eigenvalue weighted by Gasteiger charge is 2.15. The van der Waals surface area contributed by atoms with Crippen molar-refractivity contribution in [1.82, 2.24) is 10.4 Å². The molecule has 1 aromatic heterocycles. The van der Waals surface area contributed by atoms with Crippen molar-refractivity contribution in [1.29, 1.82) is 0 Å². The van der Waals surface area contributed by atoms with Crippen molar-refractivity contribution in [3.8, 4) is 5.75 Å². The second-order valence-corrected chi connectivity index (χ2v) is 4.82. The summed E-state index contributed by atoms with van der Waals surface area (Å²) in [5.41, 5.74) is 5.01. The Bertz CT molecular complexity index is 735. The zero-order valence-corrected chi connectivity index (χ0v) is 11.8. The monoisotopic (exact) mass is 279 g/mol. The van der Waals surface area contributed by atoms with Crippen LogP contribution in [0.1, 0.15) is 17.2 Å². The van der Waals surface area contributed by atoms with Gasteiger partial charge in [0.2, 0.25) is 0 Å². The standard InChI is InChI=1S/C17H17N3O/c1-21-14-8-6-12(7-9-14)17(20-18)16-11-19-10-13-4-2-3-5-15(13)16/h2-11,17,20H,18H2,1H3. The van der Waals surface area contributed by atoms with Crippen LogP contribution < -0.4 is 16.0 Å². The van der Waals surface area contributed by atoms with E-state index in [1.807, 2.05) is 54.9 Å². The van der Waals surface area contributed by atoms with Gasteiger partial charge in [0.05, 0.1) is 13.2 Å². The molecule has 0 aliphatic rings. The first-order valence-electron chi connectivity index (χ1n) is 6.76. The van der Waals surface area contributed by atoms with Crippen LogP contribution in [0.4, 0.5) is 0 Å². The van der Waals surface area contributed by atoms with Crippen molar-refractivity contribution in [2.45, 2.75) is 6.04 Å². The summed E-state index contributed by atoms with van der Waals surface area (Å²) in [7, 11) is 1.66. The molecular weight excluding hydrogens is 262 g/mol. The van der Waals surface area contributed by atoms with Crippen LogP contribution in [-0.2, 0) is 0 Å². The van der Waals surface area contributed by atoms with Crippen LogP contribution in [0.15, 0.2) is 60.9 Å². The molecule has 3 aromatic rings. The molecule has 0 radical (unpaired) electrons. The first-order chi connectivity index (χ1) is 10.3. The SMILES string of the molecule is COc1ccc(C(NN)c2cncc3ccccc23)cc1. The Morgan fingerprint density at radius 1 is 1.05 bits per heavy atom. The van der Waals surface area contributed by atoms with E-state index in [-0.39, 0.29) is 6.04 Å². The van der Waals surface area contributed by atoms with Crippen LogP contribution in [-0.4, -0.2) is 12.1 Å². The fourth-order valence-electron chi connectivity index (χ4n) is 2.53. The second-order valence-electron chi connectivity index (χ2n) is 4.82. The number of hydrogen-bond acceptors (Lipinski definition) is 4. The highest BCUT2D eigenvalue weighted by molar-refractivity contribution is 5.85. The summed E-state index contributed by atoms with van der Waals surface area (Å²) in [6, 6.07) is 15.9. The van der Waals surface area contributed by atoms with Gasteiger partial charge in [-0.15, -0.1) is 0 Å². The Morgan fingerprint density at radius 2 is 1.81 bits per heavy atom. The molecule has 0 fully saturated rings. The van der Waals surface area contributed by atoms with Gasteiger partial charge in [0.25, 0.3) is 0 Å². The van der Waals surface area contributed by atoms with Gasteiger partial charge in [-0.1, -0.05) is 36.4 Å². The molecule has 0 spiro atoms. The van der Waals surface area contributed by atoms with Gasteiger partial charge in [-0.05, 0) is 23.1 Å². The molecule has 0 aliphatic carbocycles. The number of nitrogens with one attached hydrogen (secondary N) is 1. The van der Waals surface area contributed by atoms with Crippen LogP contribution in [0.3, 0.4) is 0 Å². The van der Waals surface area contributed by atoms with Crippen molar-refractivity contribution in [3.63, 3.8) is 0 Å². The molecule has 3 rings (SSSR count). The summed E-state index contributed by atoms with van der Waals surface area (Å²) in [4.78, 5) is 4.32. The van der Waals surface area contributed by atoms with Gasteiger partial charge in [0.1, 0.15) is 5.75 Å². The minimum absolute atomic E-state index is 0.116. The number of hydrogen-bond donors (Lipinski definition) is 2. The Morgan fingerprint density at radius 3 is 2.52 bits per heavy atom. The zero-order chi connectivity index (χ0) is 14.7. The number of nitrogens with two attached hydrogens (primary N) is 1. The van der Waals surface area contributed by atoms with E-state index in [0.717, 1.165) is 27.6 Å². The topological polar surface area (TPSA) is 60.2 Å². The van der Waals surface area contributed by atoms with Crippen LogP contribution in [0.2, 0.25) is 0 Å². The van der Waals surface area contributed by atoms with E-state index < -0.39 is 0 Å². The third-order valence-electron chi connectivity index (χ3n) is 3.63. The molecule has 1 unspecified atom stereocenters. The van der Waals surface area contributed by atoms with Crippen LogP contribution in [0.25, 0.3) is 10.8 Å². The largest absolute Gasteiger partial charge is 0.497 e. The number of ether oxygens (including phenoxy) is 1. The maximum atomic E-state index is 5.79. The van der Waals surface area contributed by atoms with E-state index in [1.165, 1.54) is 0 Å². The highest BCUT2D eigenvalue weighted by atomic mass is 16.5. The molecule has 1 heterocycles. The molecule has 3 N–H and O–H groups in total. The van der Waals surface area contributed by atoms with Crippen molar-refractivity contribution in [2.75, 3.05) is 7.11 Å². The quantitative estimate of drug-likeness (QED) is 0.569. The number of fused-ring (bicyclic) bond motifs is 1. The molecule has 1 atom stereocenters. The summed E-state index contributed by atoms with van der Waals surface area (Å²) in [6.07, 6.45) is 3.72. The van der Waals surface area contributed by atoms with Crippen LogP contribution in [0, 0.1) is 0 Å². The normalized spacial score (nSPS) is 12.3. The number of hydrazine groups is 1. The van der Waals surface area contributed by atoms with Gasteiger partial charge in [-0.25, -0.2) is 5.43 Å². The summed E-state index contributed by atoms with van der Waals surface area (Å²) < 4.78 is 5.19. The van der Waals surface area contributed by atoms with Crippen molar-refractivity contribution >= 4 is 10.8 Å². The van der Waals surface area contributed by atoms with Crippen LogP contribution >= 0.6 is 0 Å². The third kappa shape index (κ3) is 2.59. The molecule has 106 valence electrons.